The molecule has 15 heavy (non-hydrogen) atoms. The molecular formula is C11H12BrFO2. The molecule has 0 aliphatic rings. The van der Waals surface area contributed by atoms with Crippen LogP contribution in [0.5, 0.6) is 5.75 Å². The van der Waals surface area contributed by atoms with Gasteiger partial charge in [0.2, 0.25) is 0 Å². The zero-order valence-corrected chi connectivity index (χ0v) is 10.4. The highest BCUT2D eigenvalue weighted by atomic mass is 79.9. The van der Waals surface area contributed by atoms with E-state index < -0.39 is 5.82 Å². The van der Waals surface area contributed by atoms with Gasteiger partial charge in [-0.3, -0.25) is 4.79 Å². The Morgan fingerprint density at radius 3 is 2.53 bits per heavy atom. The number of phenols is 1. The fourth-order valence-electron chi connectivity index (χ4n) is 1.29. The number of rotatable bonds is 2. The van der Waals surface area contributed by atoms with Crippen LogP contribution >= 0.6 is 15.9 Å². The molecule has 0 amide bonds. The number of phenolic OH excluding ortho intramolecular Hbond substituents is 1. The Kier molecular flexibility index (Phi) is 3.50. The molecule has 82 valence electrons. The molecule has 2 nitrogen and oxygen atoms in total. The SMILES string of the molecule is Cc1c(F)cc(Br)c(O)c1C(=O)C(C)C. The lowest BCUT2D eigenvalue weighted by Gasteiger charge is -2.11. The van der Waals surface area contributed by atoms with Crippen LogP contribution in [0.4, 0.5) is 4.39 Å². The van der Waals surface area contributed by atoms with Gasteiger partial charge in [0.25, 0.3) is 0 Å². The first-order valence-corrected chi connectivity index (χ1v) is 5.37. The van der Waals surface area contributed by atoms with Crippen LogP contribution in [0.15, 0.2) is 10.5 Å². The minimum absolute atomic E-state index is 0.0666. The van der Waals surface area contributed by atoms with Crippen molar-refractivity contribution in [1.82, 2.24) is 0 Å². The average Bonchev–Trinajstić information content (AvgIpc) is 2.15. The summed E-state index contributed by atoms with van der Waals surface area (Å²) in [5, 5.41) is 9.69. The second-order valence-corrected chi connectivity index (χ2v) is 4.56. The molecule has 0 radical (unpaired) electrons. The number of hydrogen-bond acceptors (Lipinski definition) is 2. The van der Waals surface area contributed by atoms with E-state index in [1.165, 1.54) is 6.92 Å². The normalized spacial score (nSPS) is 10.8. The molecule has 0 heterocycles. The van der Waals surface area contributed by atoms with Crippen molar-refractivity contribution < 1.29 is 14.3 Å². The Hall–Kier alpha value is -0.900. The van der Waals surface area contributed by atoms with Crippen LogP contribution in [0.2, 0.25) is 0 Å². The third-order valence-electron chi connectivity index (χ3n) is 2.22. The van der Waals surface area contributed by atoms with Crippen molar-refractivity contribution in [2.45, 2.75) is 20.8 Å². The zero-order chi connectivity index (χ0) is 11.7. The zero-order valence-electron chi connectivity index (χ0n) is 8.77. The molecule has 0 saturated heterocycles. The fraction of sp³-hybridized carbons (Fsp3) is 0.364. The van der Waals surface area contributed by atoms with Gasteiger partial charge in [0.15, 0.2) is 5.78 Å². The van der Waals surface area contributed by atoms with E-state index in [4.69, 9.17) is 0 Å². The number of halogens is 2. The maximum Gasteiger partial charge on any atom is 0.169 e. The predicted octanol–water partition coefficient (Wildman–Crippen LogP) is 3.44. The molecule has 1 aromatic carbocycles. The average molecular weight is 275 g/mol. The van der Waals surface area contributed by atoms with Gasteiger partial charge in [0.1, 0.15) is 11.6 Å². The first-order valence-electron chi connectivity index (χ1n) is 4.58. The van der Waals surface area contributed by atoms with Crippen molar-refractivity contribution in [1.29, 1.82) is 0 Å². The smallest absolute Gasteiger partial charge is 0.169 e. The summed E-state index contributed by atoms with van der Waals surface area (Å²) >= 11 is 3.01. The lowest BCUT2D eigenvalue weighted by Crippen LogP contribution is -2.11. The number of Topliss-reactive ketones (excluding diaryl/α,β-unsaturated/α-hetero) is 1. The highest BCUT2D eigenvalue weighted by molar-refractivity contribution is 9.10. The van der Waals surface area contributed by atoms with Crippen LogP contribution in [0.3, 0.4) is 0 Å². The van der Waals surface area contributed by atoms with Crippen molar-refractivity contribution in [3.63, 3.8) is 0 Å². The Bertz CT molecular complexity index is 387. The minimum atomic E-state index is -0.497. The van der Waals surface area contributed by atoms with E-state index in [-0.39, 0.29) is 33.1 Å². The van der Waals surface area contributed by atoms with E-state index in [1.54, 1.807) is 13.8 Å². The largest absolute Gasteiger partial charge is 0.506 e. The molecule has 0 unspecified atom stereocenters. The first kappa shape index (κ1) is 12.2. The molecule has 0 bridgehead atoms. The van der Waals surface area contributed by atoms with Gasteiger partial charge in [-0.15, -0.1) is 0 Å². The standard InChI is InChI=1S/C11H12BrFO2/c1-5(2)10(14)9-6(3)8(13)4-7(12)11(9)15/h4-5,15H,1-3H3. The van der Waals surface area contributed by atoms with Crippen LogP contribution < -0.4 is 0 Å². The quantitative estimate of drug-likeness (QED) is 0.839. The molecule has 0 aliphatic heterocycles. The monoisotopic (exact) mass is 274 g/mol. The summed E-state index contributed by atoms with van der Waals surface area (Å²) < 4.78 is 13.6. The summed E-state index contributed by atoms with van der Waals surface area (Å²) in [5.74, 6) is -1.22. The Morgan fingerprint density at radius 2 is 2.07 bits per heavy atom. The maximum atomic E-state index is 13.4. The molecule has 0 aliphatic carbocycles. The number of ketones is 1. The van der Waals surface area contributed by atoms with E-state index in [0.29, 0.717) is 0 Å². The molecular weight excluding hydrogens is 263 g/mol. The molecule has 0 spiro atoms. The lowest BCUT2D eigenvalue weighted by atomic mass is 9.96. The van der Waals surface area contributed by atoms with Crippen LogP contribution in [-0.2, 0) is 0 Å². The van der Waals surface area contributed by atoms with Crippen molar-refractivity contribution in [2.24, 2.45) is 5.92 Å². The molecule has 1 aromatic rings. The highest BCUT2D eigenvalue weighted by Gasteiger charge is 2.21. The summed E-state index contributed by atoms with van der Waals surface area (Å²) in [6, 6.07) is 1.15. The van der Waals surface area contributed by atoms with Crippen LogP contribution in [0, 0.1) is 18.7 Å². The van der Waals surface area contributed by atoms with Gasteiger partial charge < -0.3 is 5.11 Å². The van der Waals surface area contributed by atoms with E-state index in [1.807, 2.05) is 0 Å². The molecule has 4 heteroatoms. The lowest BCUT2D eigenvalue weighted by molar-refractivity contribution is 0.0935. The molecule has 1 N–H and O–H groups in total. The van der Waals surface area contributed by atoms with Crippen LogP contribution in [0.1, 0.15) is 29.8 Å². The van der Waals surface area contributed by atoms with Gasteiger partial charge >= 0.3 is 0 Å². The Morgan fingerprint density at radius 1 is 1.53 bits per heavy atom. The summed E-state index contributed by atoms with van der Waals surface area (Å²) in [5.41, 5.74) is 0.256. The predicted molar refractivity (Wildman–Crippen MR) is 59.7 cm³/mol. The van der Waals surface area contributed by atoms with Crippen molar-refractivity contribution in [2.75, 3.05) is 0 Å². The van der Waals surface area contributed by atoms with Gasteiger partial charge in [-0.05, 0) is 34.5 Å². The Balaban J connectivity index is 3.46. The van der Waals surface area contributed by atoms with Gasteiger partial charge in [-0.25, -0.2) is 4.39 Å². The Labute approximate surface area is 96.2 Å². The summed E-state index contributed by atoms with van der Waals surface area (Å²) in [7, 11) is 0. The van der Waals surface area contributed by atoms with Gasteiger partial charge in [0.05, 0.1) is 10.0 Å². The number of hydrogen-bond donors (Lipinski definition) is 1. The van der Waals surface area contributed by atoms with E-state index in [0.717, 1.165) is 6.07 Å². The second kappa shape index (κ2) is 4.31. The molecule has 1 rings (SSSR count). The molecule has 0 saturated carbocycles. The topological polar surface area (TPSA) is 37.3 Å². The van der Waals surface area contributed by atoms with Gasteiger partial charge in [0, 0.05) is 5.92 Å². The number of carbonyl (C=O) groups is 1. The third-order valence-corrected chi connectivity index (χ3v) is 2.82. The summed E-state index contributed by atoms with van der Waals surface area (Å²) in [6.45, 7) is 4.90. The van der Waals surface area contributed by atoms with E-state index in [9.17, 15) is 14.3 Å². The molecule has 0 atom stereocenters. The third kappa shape index (κ3) is 2.20. The molecule has 0 fully saturated rings. The maximum absolute atomic E-state index is 13.4. The van der Waals surface area contributed by atoms with Crippen LogP contribution in [-0.4, -0.2) is 10.9 Å². The van der Waals surface area contributed by atoms with Crippen molar-refractivity contribution in [3.8, 4) is 5.75 Å². The number of carbonyl (C=O) groups excluding carboxylic acids is 1. The van der Waals surface area contributed by atoms with E-state index in [2.05, 4.69) is 15.9 Å². The van der Waals surface area contributed by atoms with E-state index >= 15 is 0 Å². The van der Waals surface area contributed by atoms with Gasteiger partial charge in [-0.2, -0.15) is 0 Å². The summed E-state index contributed by atoms with van der Waals surface area (Å²) in [6.07, 6.45) is 0. The first-order chi connectivity index (χ1) is 6.86. The van der Waals surface area contributed by atoms with Crippen molar-refractivity contribution in [3.05, 3.63) is 27.5 Å². The number of benzene rings is 1. The van der Waals surface area contributed by atoms with Crippen molar-refractivity contribution >= 4 is 21.7 Å². The minimum Gasteiger partial charge on any atom is -0.506 e. The summed E-state index contributed by atoms with van der Waals surface area (Å²) in [4.78, 5) is 11.7. The number of aromatic hydroxyl groups is 1. The van der Waals surface area contributed by atoms with Gasteiger partial charge in [-0.1, -0.05) is 13.8 Å². The highest BCUT2D eigenvalue weighted by Crippen LogP contribution is 2.33. The molecule has 0 aromatic heterocycles. The van der Waals surface area contributed by atoms with Crippen LogP contribution in [0.25, 0.3) is 0 Å². The fourth-order valence-corrected chi connectivity index (χ4v) is 1.69. The second-order valence-electron chi connectivity index (χ2n) is 3.71.